The Morgan fingerprint density at radius 2 is 2.00 bits per heavy atom. The maximum Gasteiger partial charge on any atom is 0.254 e. The topological polar surface area (TPSA) is 64.8 Å². The van der Waals surface area contributed by atoms with Crippen LogP contribution >= 0.6 is 0 Å². The molecule has 1 aliphatic heterocycles. The summed E-state index contributed by atoms with van der Waals surface area (Å²) in [7, 11) is 0. The Hall–Kier alpha value is -1.75. The van der Waals surface area contributed by atoms with Crippen molar-refractivity contribution in [3.63, 3.8) is 0 Å². The van der Waals surface area contributed by atoms with Gasteiger partial charge in [-0.05, 0) is 32.9 Å². The van der Waals surface area contributed by atoms with Gasteiger partial charge in [0.05, 0.1) is 18.8 Å². The van der Waals surface area contributed by atoms with Gasteiger partial charge in [-0.15, -0.1) is 0 Å². The van der Waals surface area contributed by atoms with Crippen LogP contribution in [-0.2, 0) is 4.74 Å². The van der Waals surface area contributed by atoms with Crippen LogP contribution in [0.5, 0.6) is 5.75 Å². The molecule has 5 nitrogen and oxygen atoms in total. The van der Waals surface area contributed by atoms with Crippen LogP contribution in [0.2, 0.25) is 0 Å². The lowest BCUT2D eigenvalue weighted by atomic mass is 10.1. The van der Waals surface area contributed by atoms with Gasteiger partial charge in [-0.1, -0.05) is 0 Å². The number of nitrogens with two attached hydrogens (primary N) is 1. The quantitative estimate of drug-likeness (QED) is 0.858. The number of carbonyl (C=O) groups is 1. The number of amides is 1. The van der Waals surface area contributed by atoms with Gasteiger partial charge in [-0.3, -0.25) is 4.79 Å². The number of rotatable bonds is 3. The SMILES string of the molecule is CCOc1cc(N)cc(C(=O)N2C[C@@H](C)O[C@@H](C)C2)c1. The van der Waals surface area contributed by atoms with Gasteiger partial charge < -0.3 is 20.1 Å². The molecule has 0 saturated carbocycles. The van der Waals surface area contributed by atoms with E-state index in [9.17, 15) is 4.79 Å². The molecule has 1 saturated heterocycles. The number of morpholine rings is 1. The first-order chi connectivity index (χ1) is 9.49. The Labute approximate surface area is 119 Å². The Bertz CT molecular complexity index is 480. The standard InChI is InChI=1S/C15H22N2O3/c1-4-19-14-6-12(5-13(16)7-14)15(18)17-8-10(2)20-11(3)9-17/h5-7,10-11H,4,8-9,16H2,1-3H3/t10-,11+. The van der Waals surface area contributed by atoms with E-state index in [-0.39, 0.29) is 18.1 Å². The van der Waals surface area contributed by atoms with Gasteiger partial charge in [0.15, 0.2) is 0 Å². The second-order valence-corrected chi connectivity index (χ2v) is 5.19. The summed E-state index contributed by atoms with van der Waals surface area (Å²) >= 11 is 0. The van der Waals surface area contributed by atoms with Gasteiger partial charge in [0, 0.05) is 30.4 Å². The molecule has 1 amide bonds. The van der Waals surface area contributed by atoms with Crippen LogP contribution in [0.3, 0.4) is 0 Å². The van der Waals surface area contributed by atoms with E-state index in [1.807, 2.05) is 25.7 Å². The first-order valence-electron chi connectivity index (χ1n) is 6.97. The second-order valence-electron chi connectivity index (χ2n) is 5.19. The maximum atomic E-state index is 12.6. The number of nitrogens with zero attached hydrogens (tertiary/aromatic N) is 1. The number of nitrogen functional groups attached to an aromatic ring is 1. The number of anilines is 1. The Kier molecular flexibility index (Phi) is 4.49. The zero-order chi connectivity index (χ0) is 14.7. The zero-order valence-corrected chi connectivity index (χ0v) is 12.3. The van der Waals surface area contributed by atoms with Crippen LogP contribution in [0.4, 0.5) is 5.69 Å². The van der Waals surface area contributed by atoms with E-state index in [1.165, 1.54) is 0 Å². The van der Waals surface area contributed by atoms with Crippen LogP contribution in [0, 0.1) is 0 Å². The molecule has 0 radical (unpaired) electrons. The van der Waals surface area contributed by atoms with Crippen molar-refractivity contribution in [1.82, 2.24) is 4.90 Å². The van der Waals surface area contributed by atoms with Gasteiger partial charge in [0.25, 0.3) is 5.91 Å². The molecule has 0 bridgehead atoms. The predicted octanol–water partition coefficient (Wildman–Crippen LogP) is 1.92. The number of carbonyl (C=O) groups excluding carboxylic acids is 1. The predicted molar refractivity (Wildman–Crippen MR) is 77.9 cm³/mol. The number of hydrogen-bond acceptors (Lipinski definition) is 4. The summed E-state index contributed by atoms with van der Waals surface area (Å²) in [6.45, 7) is 7.59. The highest BCUT2D eigenvalue weighted by Crippen LogP contribution is 2.21. The summed E-state index contributed by atoms with van der Waals surface area (Å²) in [6, 6.07) is 5.16. The minimum absolute atomic E-state index is 0.0275. The van der Waals surface area contributed by atoms with Crippen molar-refractivity contribution < 1.29 is 14.3 Å². The van der Waals surface area contributed by atoms with Crippen LogP contribution in [-0.4, -0.2) is 42.7 Å². The smallest absolute Gasteiger partial charge is 0.254 e. The molecule has 20 heavy (non-hydrogen) atoms. The third-order valence-corrected chi connectivity index (χ3v) is 3.19. The van der Waals surface area contributed by atoms with Crippen molar-refractivity contribution in [2.24, 2.45) is 0 Å². The van der Waals surface area contributed by atoms with Gasteiger partial charge >= 0.3 is 0 Å². The lowest BCUT2D eigenvalue weighted by Gasteiger charge is -2.35. The highest BCUT2D eigenvalue weighted by Gasteiger charge is 2.26. The first kappa shape index (κ1) is 14.7. The van der Waals surface area contributed by atoms with Crippen molar-refractivity contribution in [1.29, 1.82) is 0 Å². The fourth-order valence-corrected chi connectivity index (χ4v) is 2.52. The van der Waals surface area contributed by atoms with Crippen molar-refractivity contribution in [3.8, 4) is 5.75 Å². The summed E-state index contributed by atoms with van der Waals surface area (Å²) in [5, 5.41) is 0. The summed E-state index contributed by atoms with van der Waals surface area (Å²) in [5.74, 6) is 0.602. The number of ether oxygens (including phenoxy) is 2. The molecule has 0 spiro atoms. The molecular weight excluding hydrogens is 256 g/mol. The molecule has 110 valence electrons. The zero-order valence-electron chi connectivity index (χ0n) is 12.3. The minimum Gasteiger partial charge on any atom is -0.494 e. The van der Waals surface area contributed by atoms with E-state index in [1.54, 1.807) is 18.2 Å². The lowest BCUT2D eigenvalue weighted by molar-refractivity contribution is -0.0586. The molecule has 2 atom stereocenters. The molecule has 1 aliphatic rings. The van der Waals surface area contributed by atoms with Gasteiger partial charge in [0.2, 0.25) is 0 Å². The summed E-state index contributed by atoms with van der Waals surface area (Å²) in [4.78, 5) is 14.4. The molecule has 1 heterocycles. The molecule has 2 rings (SSSR count). The third-order valence-electron chi connectivity index (χ3n) is 3.19. The normalized spacial score (nSPS) is 22.6. The average molecular weight is 278 g/mol. The van der Waals surface area contributed by atoms with Crippen molar-refractivity contribution in [2.75, 3.05) is 25.4 Å². The number of hydrogen-bond donors (Lipinski definition) is 1. The molecule has 0 aliphatic carbocycles. The fourth-order valence-electron chi connectivity index (χ4n) is 2.52. The highest BCUT2D eigenvalue weighted by molar-refractivity contribution is 5.95. The average Bonchev–Trinajstić information content (AvgIpc) is 2.36. The first-order valence-corrected chi connectivity index (χ1v) is 6.97. The number of benzene rings is 1. The van der Waals surface area contributed by atoms with Crippen LogP contribution in [0.1, 0.15) is 31.1 Å². The summed E-state index contributed by atoms with van der Waals surface area (Å²) < 4.78 is 11.1. The van der Waals surface area contributed by atoms with Gasteiger partial charge in [-0.2, -0.15) is 0 Å². The Morgan fingerprint density at radius 1 is 1.35 bits per heavy atom. The van der Waals surface area contributed by atoms with E-state index in [2.05, 4.69) is 0 Å². The van der Waals surface area contributed by atoms with Gasteiger partial charge in [0.1, 0.15) is 5.75 Å². The molecule has 5 heteroatoms. The van der Waals surface area contributed by atoms with E-state index in [0.29, 0.717) is 36.7 Å². The van der Waals surface area contributed by atoms with E-state index in [0.717, 1.165) is 0 Å². The molecule has 1 aromatic carbocycles. The molecule has 2 N–H and O–H groups in total. The second kappa shape index (κ2) is 6.13. The van der Waals surface area contributed by atoms with Crippen molar-refractivity contribution in [2.45, 2.75) is 33.0 Å². The molecule has 0 aromatic heterocycles. The maximum absolute atomic E-state index is 12.6. The fraction of sp³-hybridized carbons (Fsp3) is 0.533. The minimum atomic E-state index is -0.0275. The van der Waals surface area contributed by atoms with Crippen molar-refractivity contribution >= 4 is 11.6 Å². The van der Waals surface area contributed by atoms with Crippen LogP contribution < -0.4 is 10.5 Å². The molecule has 1 aromatic rings. The third kappa shape index (κ3) is 3.42. The molecule has 0 unspecified atom stereocenters. The molecular formula is C15H22N2O3. The molecule has 1 fully saturated rings. The lowest BCUT2D eigenvalue weighted by Crippen LogP contribution is -2.48. The van der Waals surface area contributed by atoms with Crippen molar-refractivity contribution in [3.05, 3.63) is 23.8 Å². The van der Waals surface area contributed by atoms with Gasteiger partial charge in [-0.25, -0.2) is 0 Å². The summed E-state index contributed by atoms with van der Waals surface area (Å²) in [6.07, 6.45) is 0.102. The van der Waals surface area contributed by atoms with E-state index >= 15 is 0 Å². The van der Waals surface area contributed by atoms with E-state index < -0.39 is 0 Å². The monoisotopic (exact) mass is 278 g/mol. The Balaban J connectivity index is 2.19. The van der Waals surface area contributed by atoms with E-state index in [4.69, 9.17) is 15.2 Å². The Morgan fingerprint density at radius 3 is 2.60 bits per heavy atom. The highest BCUT2D eigenvalue weighted by atomic mass is 16.5. The summed E-state index contributed by atoms with van der Waals surface area (Å²) in [5.41, 5.74) is 6.94. The van der Waals surface area contributed by atoms with Crippen LogP contribution in [0.15, 0.2) is 18.2 Å². The largest absolute Gasteiger partial charge is 0.494 e. The van der Waals surface area contributed by atoms with Crippen LogP contribution in [0.25, 0.3) is 0 Å².